The van der Waals surface area contributed by atoms with Crippen molar-refractivity contribution in [1.29, 1.82) is 0 Å². The number of aromatic nitrogens is 1. The Labute approximate surface area is 197 Å². The third-order valence-corrected chi connectivity index (χ3v) is 7.68. The van der Waals surface area contributed by atoms with Gasteiger partial charge in [-0.25, -0.2) is 0 Å². The van der Waals surface area contributed by atoms with Gasteiger partial charge in [0.2, 0.25) is 5.91 Å². The van der Waals surface area contributed by atoms with Crippen LogP contribution in [0.3, 0.4) is 0 Å². The molecular formula is C25H32ClF3N2O2. The topological polar surface area (TPSA) is 45.3 Å². The van der Waals surface area contributed by atoms with Gasteiger partial charge in [-0.05, 0) is 67.1 Å². The van der Waals surface area contributed by atoms with E-state index in [1.54, 1.807) is 12.3 Å². The van der Waals surface area contributed by atoms with Gasteiger partial charge < -0.3 is 14.6 Å². The molecule has 4 nitrogen and oxygen atoms in total. The summed E-state index contributed by atoms with van der Waals surface area (Å²) < 4.78 is 43.4. The zero-order valence-electron chi connectivity index (χ0n) is 19.8. The lowest BCUT2D eigenvalue weighted by Crippen LogP contribution is -2.58. The number of halogens is 4. The molecular weight excluding hydrogens is 453 g/mol. The molecule has 2 fully saturated rings. The summed E-state index contributed by atoms with van der Waals surface area (Å²) in [4.78, 5) is 18.6. The molecule has 0 spiro atoms. The predicted octanol–water partition coefficient (Wildman–Crippen LogP) is 7.42. The largest absolute Gasteiger partial charge is 0.573 e. The van der Waals surface area contributed by atoms with Crippen LogP contribution in [-0.2, 0) is 4.79 Å². The molecule has 1 aliphatic carbocycles. The van der Waals surface area contributed by atoms with Gasteiger partial charge in [0.25, 0.3) is 0 Å². The average molecular weight is 485 g/mol. The number of carbonyl (C=O) groups excluding carboxylic acids is 1. The average Bonchev–Trinajstić information content (AvgIpc) is 3.05. The molecule has 2 aromatic rings. The monoisotopic (exact) mass is 484 g/mol. The second-order valence-corrected chi connectivity index (χ2v) is 11.7. The van der Waals surface area contributed by atoms with Crippen molar-refractivity contribution in [2.45, 2.75) is 91.1 Å². The van der Waals surface area contributed by atoms with E-state index in [1.807, 2.05) is 11.8 Å². The zero-order chi connectivity index (χ0) is 24.3. The number of amides is 1. The lowest BCUT2D eigenvalue weighted by atomic mass is 9.58. The number of H-pyrrole nitrogens is 1. The fourth-order valence-electron chi connectivity index (χ4n) is 6.82. The van der Waals surface area contributed by atoms with Crippen LogP contribution >= 0.6 is 11.6 Å². The van der Waals surface area contributed by atoms with Crippen molar-refractivity contribution in [3.63, 3.8) is 0 Å². The van der Waals surface area contributed by atoms with E-state index >= 15 is 0 Å². The third-order valence-electron chi connectivity index (χ3n) is 7.38. The van der Waals surface area contributed by atoms with Crippen LogP contribution in [0.1, 0.15) is 78.2 Å². The molecule has 1 saturated heterocycles. The number of fused-ring (bicyclic) bond motifs is 3. The molecule has 2 heterocycles. The Bertz CT molecular complexity index is 1060. The predicted molar refractivity (Wildman–Crippen MR) is 123 cm³/mol. The summed E-state index contributed by atoms with van der Waals surface area (Å²) in [6, 6.07) is 3.34. The van der Waals surface area contributed by atoms with Crippen molar-refractivity contribution in [1.82, 2.24) is 9.88 Å². The van der Waals surface area contributed by atoms with Crippen molar-refractivity contribution in [3.8, 4) is 5.75 Å². The van der Waals surface area contributed by atoms with Crippen molar-refractivity contribution < 1.29 is 22.7 Å². The molecule has 1 aromatic heterocycles. The summed E-state index contributed by atoms with van der Waals surface area (Å²) in [6.45, 7) is 10.9. The van der Waals surface area contributed by atoms with Gasteiger partial charge in [0.15, 0.2) is 5.75 Å². The molecule has 1 saturated carbocycles. The maximum atomic E-state index is 13.5. The Morgan fingerprint density at radius 2 is 1.97 bits per heavy atom. The first-order chi connectivity index (χ1) is 15.2. The first-order valence-electron chi connectivity index (χ1n) is 11.5. The van der Waals surface area contributed by atoms with Crippen LogP contribution < -0.4 is 4.74 Å². The highest BCUT2D eigenvalue weighted by atomic mass is 35.5. The fourth-order valence-corrected chi connectivity index (χ4v) is 7.02. The number of nitrogens with zero attached hydrogens (tertiary/aromatic N) is 1. The standard InChI is InChI=1S/C25H32ClF3N2O2/c1-14(17-12-30-19-7-6-18(26)22(21(17)19)33-25(27,28)29)8-20(32)31-15(2)9-24(5)11-16(31)10-23(3,4)13-24/h6-7,12,14-16,30H,8-11,13H2,1-5H3. The number of likely N-dealkylation sites (tertiary alicyclic amines) is 1. The van der Waals surface area contributed by atoms with Crippen LogP contribution in [0.4, 0.5) is 13.2 Å². The van der Waals surface area contributed by atoms with Crippen LogP contribution in [-0.4, -0.2) is 34.2 Å². The quantitative estimate of drug-likeness (QED) is 0.490. The fraction of sp³-hybridized carbons (Fsp3) is 0.640. The van der Waals surface area contributed by atoms with E-state index in [-0.39, 0.29) is 51.6 Å². The maximum absolute atomic E-state index is 13.5. The minimum atomic E-state index is -4.87. The zero-order valence-corrected chi connectivity index (χ0v) is 20.5. The summed E-state index contributed by atoms with van der Waals surface area (Å²) in [5, 5.41) is 0.158. The second kappa shape index (κ2) is 8.10. The SMILES string of the molecule is CC(CC(=O)N1C(C)CC2(C)CC1CC(C)(C)C2)c1c[nH]c2ccc(Cl)c(OC(F)(F)F)c12. The number of piperidine rings is 1. The lowest BCUT2D eigenvalue weighted by molar-refractivity contribution is -0.274. The van der Waals surface area contributed by atoms with Gasteiger partial charge >= 0.3 is 6.36 Å². The molecule has 33 heavy (non-hydrogen) atoms. The molecule has 2 bridgehead atoms. The normalized spacial score (nSPS) is 28.1. The van der Waals surface area contributed by atoms with E-state index in [0.29, 0.717) is 11.1 Å². The van der Waals surface area contributed by atoms with E-state index in [0.717, 1.165) is 25.7 Å². The molecule has 4 atom stereocenters. The molecule has 1 N–H and O–H groups in total. The van der Waals surface area contributed by atoms with Crippen LogP contribution in [0.15, 0.2) is 18.3 Å². The van der Waals surface area contributed by atoms with Gasteiger partial charge in [-0.2, -0.15) is 0 Å². The summed E-state index contributed by atoms with van der Waals surface area (Å²) >= 11 is 6.07. The van der Waals surface area contributed by atoms with Crippen molar-refractivity contribution in [2.75, 3.05) is 0 Å². The summed E-state index contributed by atoms with van der Waals surface area (Å²) in [5.74, 6) is -0.680. The van der Waals surface area contributed by atoms with Crippen LogP contribution in [0.2, 0.25) is 5.02 Å². The van der Waals surface area contributed by atoms with Crippen molar-refractivity contribution in [2.24, 2.45) is 10.8 Å². The molecule has 4 unspecified atom stereocenters. The van der Waals surface area contributed by atoms with E-state index in [9.17, 15) is 18.0 Å². The highest BCUT2D eigenvalue weighted by Gasteiger charge is 2.49. The molecule has 1 aliphatic heterocycles. The van der Waals surface area contributed by atoms with E-state index < -0.39 is 12.1 Å². The first kappa shape index (κ1) is 24.2. The number of carbonyl (C=O) groups is 1. The number of hydrogen-bond donors (Lipinski definition) is 1. The maximum Gasteiger partial charge on any atom is 0.573 e. The molecule has 8 heteroatoms. The number of ether oxygens (including phenoxy) is 1. The minimum Gasteiger partial charge on any atom is -0.403 e. The van der Waals surface area contributed by atoms with Gasteiger partial charge in [-0.3, -0.25) is 4.79 Å². The second-order valence-electron chi connectivity index (χ2n) is 11.3. The Kier molecular flexibility index (Phi) is 5.95. The Morgan fingerprint density at radius 3 is 2.64 bits per heavy atom. The first-order valence-corrected chi connectivity index (χ1v) is 11.9. The number of hydrogen-bond acceptors (Lipinski definition) is 2. The van der Waals surface area contributed by atoms with Crippen molar-refractivity contribution >= 4 is 28.4 Å². The van der Waals surface area contributed by atoms with Crippen LogP contribution in [0.25, 0.3) is 10.9 Å². The van der Waals surface area contributed by atoms with E-state index in [2.05, 4.69) is 37.4 Å². The molecule has 1 amide bonds. The summed E-state index contributed by atoms with van der Waals surface area (Å²) in [6.07, 6.45) is 1.11. The Morgan fingerprint density at radius 1 is 1.27 bits per heavy atom. The highest BCUT2D eigenvalue weighted by Crippen LogP contribution is 2.53. The minimum absolute atomic E-state index is 0.0504. The van der Waals surface area contributed by atoms with Gasteiger partial charge in [-0.1, -0.05) is 39.3 Å². The lowest BCUT2D eigenvalue weighted by Gasteiger charge is -2.57. The number of benzene rings is 1. The molecule has 182 valence electrons. The van der Waals surface area contributed by atoms with Crippen molar-refractivity contribution in [3.05, 3.63) is 28.9 Å². The number of nitrogens with one attached hydrogen (secondary N) is 1. The molecule has 1 aromatic carbocycles. The smallest absolute Gasteiger partial charge is 0.403 e. The van der Waals surface area contributed by atoms with Gasteiger partial charge in [-0.15, -0.1) is 13.2 Å². The molecule has 4 rings (SSSR count). The van der Waals surface area contributed by atoms with Gasteiger partial charge in [0, 0.05) is 35.6 Å². The Balaban J connectivity index is 1.60. The number of alkyl halides is 3. The third kappa shape index (κ3) is 4.84. The summed E-state index contributed by atoms with van der Waals surface area (Å²) in [7, 11) is 0. The molecule has 2 aliphatic rings. The number of aromatic amines is 1. The van der Waals surface area contributed by atoms with Gasteiger partial charge in [0.05, 0.1) is 5.02 Å². The van der Waals surface area contributed by atoms with E-state index in [4.69, 9.17) is 11.6 Å². The highest BCUT2D eigenvalue weighted by molar-refractivity contribution is 6.33. The molecule has 0 radical (unpaired) electrons. The Hall–Kier alpha value is -1.89. The van der Waals surface area contributed by atoms with E-state index in [1.165, 1.54) is 6.07 Å². The summed E-state index contributed by atoms with van der Waals surface area (Å²) in [5.41, 5.74) is 1.51. The van der Waals surface area contributed by atoms with Gasteiger partial charge in [0.1, 0.15) is 0 Å². The number of rotatable bonds is 4. The van der Waals surface area contributed by atoms with Crippen LogP contribution in [0, 0.1) is 10.8 Å². The van der Waals surface area contributed by atoms with Crippen LogP contribution in [0.5, 0.6) is 5.75 Å².